The minimum Gasteiger partial charge on any atom is -0.455 e. The summed E-state index contributed by atoms with van der Waals surface area (Å²) >= 11 is 0. The number of nitrogens with two attached hydrogens (primary N) is 1. The molecule has 0 amide bonds. The Labute approximate surface area is 122 Å². The molecule has 2 N–H and O–H groups in total. The maximum atomic E-state index is 8.66. The van der Waals surface area contributed by atoms with E-state index in [1.165, 1.54) is 0 Å². The minimum absolute atomic E-state index is 0.394. The van der Waals surface area contributed by atoms with Crippen LogP contribution in [0.25, 0.3) is 10.8 Å². The number of benzene rings is 2. The zero-order valence-corrected chi connectivity index (χ0v) is 11.3. The molecule has 0 radical (unpaired) electrons. The van der Waals surface area contributed by atoms with Gasteiger partial charge in [-0.15, -0.1) is 0 Å². The molecule has 1 aromatic heterocycles. The standard InChI is InChI=1S/C17H13N3O/c18-9-7-12-1-4-14(5-2-12)21-16-6-3-13-11-20-10-8-15(13)17(16)19/h1-6,8,10-11H,7,19H2. The molecule has 0 fully saturated rings. The minimum atomic E-state index is 0.394. The van der Waals surface area contributed by atoms with Crippen molar-refractivity contribution < 1.29 is 4.74 Å². The van der Waals surface area contributed by atoms with Crippen molar-refractivity contribution in [3.05, 3.63) is 60.4 Å². The lowest BCUT2D eigenvalue weighted by Gasteiger charge is -2.10. The molecule has 3 aromatic rings. The van der Waals surface area contributed by atoms with E-state index in [1.54, 1.807) is 12.4 Å². The van der Waals surface area contributed by atoms with Gasteiger partial charge in [0.1, 0.15) is 5.75 Å². The first-order valence-corrected chi connectivity index (χ1v) is 6.54. The number of ether oxygens (including phenoxy) is 1. The van der Waals surface area contributed by atoms with Gasteiger partial charge in [-0.1, -0.05) is 12.1 Å². The van der Waals surface area contributed by atoms with Crippen LogP contribution >= 0.6 is 0 Å². The van der Waals surface area contributed by atoms with Crippen LogP contribution in [0.3, 0.4) is 0 Å². The third-order valence-corrected chi connectivity index (χ3v) is 3.26. The van der Waals surface area contributed by atoms with Crippen molar-refractivity contribution in [2.24, 2.45) is 0 Å². The van der Waals surface area contributed by atoms with E-state index in [2.05, 4.69) is 11.1 Å². The van der Waals surface area contributed by atoms with E-state index in [-0.39, 0.29) is 0 Å². The van der Waals surface area contributed by atoms with Crippen molar-refractivity contribution in [1.82, 2.24) is 4.98 Å². The van der Waals surface area contributed by atoms with Crippen molar-refractivity contribution in [3.63, 3.8) is 0 Å². The van der Waals surface area contributed by atoms with E-state index in [0.29, 0.717) is 23.6 Å². The predicted molar refractivity (Wildman–Crippen MR) is 82.0 cm³/mol. The Morgan fingerprint density at radius 2 is 1.90 bits per heavy atom. The Morgan fingerprint density at radius 1 is 1.10 bits per heavy atom. The van der Waals surface area contributed by atoms with Crippen LogP contribution in [0.1, 0.15) is 5.56 Å². The summed E-state index contributed by atoms with van der Waals surface area (Å²) in [4.78, 5) is 4.07. The van der Waals surface area contributed by atoms with E-state index in [9.17, 15) is 0 Å². The average Bonchev–Trinajstić information content (AvgIpc) is 2.52. The van der Waals surface area contributed by atoms with Crippen molar-refractivity contribution in [2.45, 2.75) is 6.42 Å². The smallest absolute Gasteiger partial charge is 0.150 e. The summed E-state index contributed by atoms with van der Waals surface area (Å²) in [5.41, 5.74) is 7.70. The first-order chi connectivity index (χ1) is 10.3. The molecule has 0 atom stereocenters. The summed E-state index contributed by atoms with van der Waals surface area (Å²) in [6, 6.07) is 15.2. The quantitative estimate of drug-likeness (QED) is 0.740. The summed E-state index contributed by atoms with van der Waals surface area (Å²) in [6.45, 7) is 0. The summed E-state index contributed by atoms with van der Waals surface area (Å²) < 4.78 is 5.82. The number of nitrogen functional groups attached to an aromatic ring is 1. The molecule has 0 aliphatic rings. The van der Waals surface area contributed by atoms with Gasteiger partial charge in [0.2, 0.25) is 0 Å². The van der Waals surface area contributed by atoms with E-state index in [0.717, 1.165) is 16.3 Å². The van der Waals surface area contributed by atoms with Crippen LogP contribution in [0.15, 0.2) is 54.9 Å². The third kappa shape index (κ3) is 2.63. The number of nitriles is 1. The number of pyridine rings is 1. The van der Waals surface area contributed by atoms with Gasteiger partial charge < -0.3 is 10.5 Å². The predicted octanol–water partition coefficient (Wildman–Crippen LogP) is 3.68. The highest BCUT2D eigenvalue weighted by Crippen LogP contribution is 2.33. The molecule has 0 aliphatic heterocycles. The Hall–Kier alpha value is -3.06. The van der Waals surface area contributed by atoms with Crippen molar-refractivity contribution >= 4 is 16.5 Å². The highest BCUT2D eigenvalue weighted by atomic mass is 16.5. The van der Waals surface area contributed by atoms with Gasteiger partial charge in [0.25, 0.3) is 0 Å². The highest BCUT2D eigenvalue weighted by Gasteiger charge is 2.06. The number of anilines is 1. The molecule has 2 aromatic carbocycles. The molecule has 0 unspecified atom stereocenters. The normalized spacial score (nSPS) is 10.2. The lowest BCUT2D eigenvalue weighted by atomic mass is 10.1. The molecule has 21 heavy (non-hydrogen) atoms. The lowest BCUT2D eigenvalue weighted by Crippen LogP contribution is -1.94. The van der Waals surface area contributed by atoms with E-state index >= 15 is 0 Å². The molecule has 0 saturated heterocycles. The van der Waals surface area contributed by atoms with Gasteiger partial charge >= 0.3 is 0 Å². The number of rotatable bonds is 3. The topological polar surface area (TPSA) is 71.9 Å². The van der Waals surface area contributed by atoms with Crippen molar-refractivity contribution in [3.8, 4) is 17.6 Å². The molecule has 4 heteroatoms. The van der Waals surface area contributed by atoms with Crippen molar-refractivity contribution in [2.75, 3.05) is 5.73 Å². The van der Waals surface area contributed by atoms with E-state index in [1.807, 2.05) is 42.5 Å². The monoisotopic (exact) mass is 275 g/mol. The SMILES string of the molecule is N#CCc1ccc(Oc2ccc3cnccc3c2N)cc1. The highest BCUT2D eigenvalue weighted by molar-refractivity contribution is 5.95. The van der Waals surface area contributed by atoms with E-state index < -0.39 is 0 Å². The van der Waals surface area contributed by atoms with Gasteiger partial charge in [-0.25, -0.2) is 0 Å². The Bertz CT molecular complexity index is 820. The van der Waals surface area contributed by atoms with Crippen LogP contribution in [0.4, 0.5) is 5.69 Å². The van der Waals surface area contributed by atoms with Crippen LogP contribution in [0.5, 0.6) is 11.5 Å². The summed E-state index contributed by atoms with van der Waals surface area (Å²) in [5, 5.41) is 10.6. The summed E-state index contributed by atoms with van der Waals surface area (Å²) in [7, 11) is 0. The average molecular weight is 275 g/mol. The molecular formula is C17H13N3O. The second-order valence-corrected chi connectivity index (χ2v) is 4.66. The molecule has 0 saturated carbocycles. The molecule has 102 valence electrons. The fourth-order valence-corrected chi connectivity index (χ4v) is 2.16. The number of hydrogen-bond acceptors (Lipinski definition) is 4. The first kappa shape index (κ1) is 12.9. The molecule has 0 bridgehead atoms. The molecule has 0 spiro atoms. The van der Waals surface area contributed by atoms with Crippen LogP contribution in [0, 0.1) is 11.3 Å². The largest absolute Gasteiger partial charge is 0.455 e. The maximum absolute atomic E-state index is 8.66. The fourth-order valence-electron chi connectivity index (χ4n) is 2.16. The molecule has 3 rings (SSSR count). The molecule has 4 nitrogen and oxygen atoms in total. The van der Waals surface area contributed by atoms with Crippen LogP contribution < -0.4 is 10.5 Å². The summed E-state index contributed by atoms with van der Waals surface area (Å²) in [6.07, 6.45) is 3.87. The second-order valence-electron chi connectivity index (χ2n) is 4.66. The Morgan fingerprint density at radius 3 is 2.67 bits per heavy atom. The van der Waals surface area contributed by atoms with Crippen LogP contribution in [-0.2, 0) is 6.42 Å². The van der Waals surface area contributed by atoms with E-state index in [4.69, 9.17) is 15.7 Å². The lowest BCUT2D eigenvalue weighted by molar-refractivity contribution is 0.485. The first-order valence-electron chi connectivity index (χ1n) is 6.54. The van der Waals surface area contributed by atoms with Gasteiger partial charge in [0, 0.05) is 23.2 Å². The van der Waals surface area contributed by atoms with Crippen molar-refractivity contribution in [1.29, 1.82) is 5.26 Å². The third-order valence-electron chi connectivity index (χ3n) is 3.26. The van der Waals surface area contributed by atoms with Crippen LogP contribution in [-0.4, -0.2) is 4.98 Å². The fraction of sp³-hybridized carbons (Fsp3) is 0.0588. The molecular weight excluding hydrogens is 262 g/mol. The van der Waals surface area contributed by atoms with Crippen LogP contribution in [0.2, 0.25) is 0 Å². The Balaban J connectivity index is 1.91. The second kappa shape index (κ2) is 5.51. The summed E-state index contributed by atoms with van der Waals surface area (Å²) in [5.74, 6) is 1.30. The van der Waals surface area contributed by atoms with Gasteiger partial charge in [0.15, 0.2) is 5.75 Å². The number of hydrogen-bond donors (Lipinski definition) is 1. The van der Waals surface area contributed by atoms with Gasteiger partial charge in [-0.3, -0.25) is 4.98 Å². The number of aromatic nitrogens is 1. The Kier molecular flexibility index (Phi) is 3.40. The van der Waals surface area contributed by atoms with Gasteiger partial charge in [-0.05, 0) is 35.9 Å². The molecule has 0 aliphatic carbocycles. The molecule has 1 heterocycles. The zero-order chi connectivity index (χ0) is 14.7. The zero-order valence-electron chi connectivity index (χ0n) is 11.3. The number of nitrogens with zero attached hydrogens (tertiary/aromatic N) is 2. The van der Waals surface area contributed by atoms with Gasteiger partial charge in [-0.2, -0.15) is 5.26 Å². The maximum Gasteiger partial charge on any atom is 0.150 e. The number of fused-ring (bicyclic) bond motifs is 1. The van der Waals surface area contributed by atoms with Gasteiger partial charge in [0.05, 0.1) is 18.2 Å².